The lowest BCUT2D eigenvalue weighted by Gasteiger charge is -2.11. The Bertz CT molecular complexity index is 185. The van der Waals surface area contributed by atoms with E-state index in [0.29, 0.717) is 5.57 Å². The van der Waals surface area contributed by atoms with E-state index in [1.165, 1.54) is 0 Å². The smallest absolute Gasteiger partial charge is 0.248 e. The summed E-state index contributed by atoms with van der Waals surface area (Å²) in [5.74, 6) is 0.0268. The number of carbonyl (C=O) groups is 1. The predicted molar refractivity (Wildman–Crippen MR) is 50.7 cm³/mol. The van der Waals surface area contributed by atoms with E-state index in [1.807, 2.05) is 13.0 Å². The second kappa shape index (κ2) is 4.93. The molecular weight excluding hydrogens is 152 g/mol. The second-order valence-electron chi connectivity index (χ2n) is 3.12. The summed E-state index contributed by atoms with van der Waals surface area (Å²) in [5.41, 5.74) is 6.38. The Labute approximate surface area is 74.2 Å². The van der Waals surface area contributed by atoms with Gasteiger partial charge in [0.05, 0.1) is 0 Å². The predicted octanol–water partition coefficient (Wildman–Crippen LogP) is 0.758. The van der Waals surface area contributed by atoms with Crippen LogP contribution >= 0.6 is 0 Å². The van der Waals surface area contributed by atoms with Crippen molar-refractivity contribution in [2.75, 3.05) is 14.1 Å². The molecule has 0 fully saturated rings. The lowest BCUT2D eigenvalue weighted by molar-refractivity contribution is -0.124. The molecule has 0 aliphatic heterocycles. The fourth-order valence-electron chi connectivity index (χ4n) is 0.863. The van der Waals surface area contributed by atoms with Gasteiger partial charge in [0, 0.05) is 25.7 Å². The molecule has 3 heteroatoms. The highest BCUT2D eigenvalue weighted by atomic mass is 16.2. The van der Waals surface area contributed by atoms with Crippen LogP contribution in [-0.4, -0.2) is 30.9 Å². The van der Waals surface area contributed by atoms with Crippen molar-refractivity contribution in [1.29, 1.82) is 0 Å². The standard InChI is InChI=1S/C9H18N2O/c1-5-8(10)6-7(2)9(12)11(3)4/h6,8H,5,10H2,1-4H3. The van der Waals surface area contributed by atoms with Crippen molar-refractivity contribution in [3.05, 3.63) is 11.6 Å². The van der Waals surface area contributed by atoms with Crippen molar-refractivity contribution >= 4 is 5.91 Å². The molecule has 12 heavy (non-hydrogen) atoms. The van der Waals surface area contributed by atoms with Crippen molar-refractivity contribution in [1.82, 2.24) is 4.90 Å². The van der Waals surface area contributed by atoms with E-state index in [1.54, 1.807) is 25.9 Å². The normalized spacial score (nSPS) is 14.2. The first kappa shape index (κ1) is 11.2. The topological polar surface area (TPSA) is 46.3 Å². The number of nitrogens with zero attached hydrogens (tertiary/aromatic N) is 1. The molecule has 0 aromatic rings. The zero-order valence-electron chi connectivity index (χ0n) is 8.29. The number of carbonyl (C=O) groups excluding carboxylic acids is 1. The lowest BCUT2D eigenvalue weighted by Crippen LogP contribution is -2.24. The molecule has 0 saturated heterocycles. The first-order valence-corrected chi connectivity index (χ1v) is 4.14. The van der Waals surface area contributed by atoms with Gasteiger partial charge in [-0.2, -0.15) is 0 Å². The van der Waals surface area contributed by atoms with E-state index in [4.69, 9.17) is 5.73 Å². The fraction of sp³-hybridized carbons (Fsp3) is 0.667. The molecule has 0 aromatic heterocycles. The Kier molecular flexibility index (Phi) is 4.59. The van der Waals surface area contributed by atoms with Gasteiger partial charge in [-0.15, -0.1) is 0 Å². The average Bonchev–Trinajstić information content (AvgIpc) is 2.02. The molecule has 1 amide bonds. The van der Waals surface area contributed by atoms with Crippen molar-refractivity contribution in [3.8, 4) is 0 Å². The van der Waals surface area contributed by atoms with Gasteiger partial charge in [0.1, 0.15) is 0 Å². The van der Waals surface area contributed by atoms with Crippen LogP contribution in [0.5, 0.6) is 0 Å². The number of likely N-dealkylation sites (N-methyl/N-ethyl adjacent to an activating group) is 1. The van der Waals surface area contributed by atoms with E-state index < -0.39 is 0 Å². The summed E-state index contributed by atoms with van der Waals surface area (Å²) in [7, 11) is 3.47. The van der Waals surface area contributed by atoms with Crippen LogP contribution in [0.4, 0.5) is 0 Å². The molecule has 0 bridgehead atoms. The Morgan fingerprint density at radius 1 is 1.58 bits per heavy atom. The van der Waals surface area contributed by atoms with Crippen LogP contribution in [0.3, 0.4) is 0 Å². The fourth-order valence-corrected chi connectivity index (χ4v) is 0.863. The van der Waals surface area contributed by atoms with Crippen LogP contribution in [0.25, 0.3) is 0 Å². The van der Waals surface area contributed by atoms with E-state index in [0.717, 1.165) is 6.42 Å². The summed E-state index contributed by atoms with van der Waals surface area (Å²) in [4.78, 5) is 12.8. The van der Waals surface area contributed by atoms with E-state index in [-0.39, 0.29) is 11.9 Å². The molecule has 0 aliphatic rings. The number of amides is 1. The summed E-state index contributed by atoms with van der Waals surface area (Å²) in [5, 5.41) is 0. The molecule has 0 heterocycles. The molecule has 1 unspecified atom stereocenters. The minimum Gasteiger partial charge on any atom is -0.345 e. The summed E-state index contributed by atoms with van der Waals surface area (Å²) in [6.45, 7) is 3.78. The SMILES string of the molecule is CCC(N)C=C(C)C(=O)N(C)C. The van der Waals surface area contributed by atoms with Crippen LogP contribution < -0.4 is 5.73 Å². The van der Waals surface area contributed by atoms with Gasteiger partial charge in [-0.05, 0) is 13.3 Å². The average molecular weight is 170 g/mol. The van der Waals surface area contributed by atoms with Gasteiger partial charge < -0.3 is 10.6 Å². The summed E-state index contributed by atoms with van der Waals surface area (Å²) in [6.07, 6.45) is 2.67. The van der Waals surface area contributed by atoms with Crippen LogP contribution in [0.15, 0.2) is 11.6 Å². The van der Waals surface area contributed by atoms with E-state index >= 15 is 0 Å². The van der Waals surface area contributed by atoms with Gasteiger partial charge in [0.2, 0.25) is 5.91 Å². The Morgan fingerprint density at radius 3 is 2.42 bits per heavy atom. The maximum Gasteiger partial charge on any atom is 0.248 e. The van der Waals surface area contributed by atoms with Crippen molar-refractivity contribution in [2.45, 2.75) is 26.3 Å². The minimum absolute atomic E-state index is 0.00565. The van der Waals surface area contributed by atoms with Gasteiger partial charge in [0.15, 0.2) is 0 Å². The van der Waals surface area contributed by atoms with Gasteiger partial charge in [-0.1, -0.05) is 13.0 Å². The molecule has 1 atom stereocenters. The Hall–Kier alpha value is -0.830. The third kappa shape index (κ3) is 3.53. The summed E-state index contributed by atoms with van der Waals surface area (Å²) >= 11 is 0. The summed E-state index contributed by atoms with van der Waals surface area (Å²) < 4.78 is 0. The van der Waals surface area contributed by atoms with Crippen molar-refractivity contribution in [3.63, 3.8) is 0 Å². The third-order valence-electron chi connectivity index (χ3n) is 1.68. The van der Waals surface area contributed by atoms with Crippen LogP contribution in [0.2, 0.25) is 0 Å². The van der Waals surface area contributed by atoms with Crippen molar-refractivity contribution in [2.24, 2.45) is 5.73 Å². The zero-order valence-corrected chi connectivity index (χ0v) is 8.29. The van der Waals surface area contributed by atoms with E-state index in [2.05, 4.69) is 0 Å². The van der Waals surface area contributed by atoms with Gasteiger partial charge in [0.25, 0.3) is 0 Å². The zero-order chi connectivity index (χ0) is 9.72. The van der Waals surface area contributed by atoms with Gasteiger partial charge in [-0.3, -0.25) is 4.79 Å². The maximum atomic E-state index is 11.3. The van der Waals surface area contributed by atoms with E-state index in [9.17, 15) is 4.79 Å². The molecule has 2 N–H and O–H groups in total. The Morgan fingerprint density at radius 2 is 2.08 bits per heavy atom. The molecule has 0 spiro atoms. The van der Waals surface area contributed by atoms with Gasteiger partial charge in [-0.25, -0.2) is 0 Å². The highest BCUT2D eigenvalue weighted by molar-refractivity contribution is 5.92. The van der Waals surface area contributed by atoms with Crippen LogP contribution in [0, 0.1) is 0 Å². The lowest BCUT2D eigenvalue weighted by atomic mass is 10.1. The number of nitrogens with two attached hydrogens (primary N) is 1. The van der Waals surface area contributed by atoms with Crippen LogP contribution in [-0.2, 0) is 4.79 Å². The highest BCUT2D eigenvalue weighted by Crippen LogP contribution is 2.00. The summed E-state index contributed by atoms with van der Waals surface area (Å²) in [6, 6.07) is -0.00565. The first-order chi connectivity index (χ1) is 5.49. The molecule has 0 aromatic carbocycles. The molecule has 70 valence electrons. The van der Waals surface area contributed by atoms with Crippen molar-refractivity contribution < 1.29 is 4.79 Å². The molecule has 0 rings (SSSR count). The quantitative estimate of drug-likeness (QED) is 0.635. The van der Waals surface area contributed by atoms with Gasteiger partial charge >= 0.3 is 0 Å². The third-order valence-corrected chi connectivity index (χ3v) is 1.68. The van der Waals surface area contributed by atoms with Crippen LogP contribution in [0.1, 0.15) is 20.3 Å². The number of hydrogen-bond acceptors (Lipinski definition) is 2. The molecule has 0 saturated carbocycles. The Balaban J connectivity index is 4.27. The highest BCUT2D eigenvalue weighted by Gasteiger charge is 2.06. The number of hydrogen-bond donors (Lipinski definition) is 1. The molecule has 0 aliphatic carbocycles. The largest absolute Gasteiger partial charge is 0.345 e. The first-order valence-electron chi connectivity index (χ1n) is 4.14. The number of rotatable bonds is 3. The second-order valence-corrected chi connectivity index (χ2v) is 3.12. The molecular formula is C9H18N2O. The molecule has 0 radical (unpaired) electrons. The minimum atomic E-state index is -0.00565. The maximum absolute atomic E-state index is 11.3. The monoisotopic (exact) mass is 170 g/mol. The molecule has 3 nitrogen and oxygen atoms in total.